The second-order valence-corrected chi connectivity index (χ2v) is 6.89. The van der Waals surface area contributed by atoms with Gasteiger partial charge in [-0.1, -0.05) is 5.16 Å². The summed E-state index contributed by atoms with van der Waals surface area (Å²) in [5.41, 5.74) is 1.53. The number of nitrogens with zero attached hydrogens (tertiary/aromatic N) is 2. The molecule has 3 heterocycles. The number of furan rings is 1. The zero-order valence-electron chi connectivity index (χ0n) is 15.8. The fraction of sp³-hybridized carbons (Fsp3) is 0.333. The summed E-state index contributed by atoms with van der Waals surface area (Å²) in [6.45, 7) is 2.93. The highest BCUT2D eigenvalue weighted by molar-refractivity contribution is 5.89. The maximum absolute atomic E-state index is 12.8. The minimum absolute atomic E-state index is 0.0536. The first kappa shape index (κ1) is 18.2. The maximum atomic E-state index is 12.8. The molecule has 1 N–H and O–H groups in total. The van der Waals surface area contributed by atoms with Crippen molar-refractivity contribution in [2.24, 2.45) is 0 Å². The maximum Gasteiger partial charge on any atom is 0.322 e. The van der Waals surface area contributed by atoms with E-state index in [1.165, 1.54) is 0 Å². The summed E-state index contributed by atoms with van der Waals surface area (Å²) in [5.74, 6) is 2.23. The van der Waals surface area contributed by atoms with Crippen LogP contribution in [0.1, 0.15) is 42.5 Å². The van der Waals surface area contributed by atoms with E-state index < -0.39 is 0 Å². The molecular formula is C21H23N3O4. The molecule has 2 amide bonds. The summed E-state index contributed by atoms with van der Waals surface area (Å²) < 4.78 is 16.1. The molecule has 0 unspecified atom stereocenters. The van der Waals surface area contributed by atoms with Crippen LogP contribution in [-0.2, 0) is 6.61 Å². The number of hydrogen-bond acceptors (Lipinski definition) is 5. The molecule has 0 spiro atoms. The summed E-state index contributed by atoms with van der Waals surface area (Å²) in [7, 11) is 0. The van der Waals surface area contributed by atoms with Crippen molar-refractivity contribution in [2.75, 3.05) is 11.9 Å². The van der Waals surface area contributed by atoms with Gasteiger partial charge in [0.15, 0.2) is 0 Å². The van der Waals surface area contributed by atoms with Gasteiger partial charge in [-0.3, -0.25) is 0 Å². The molecule has 0 radical (unpaired) electrons. The molecule has 1 atom stereocenters. The molecule has 7 nitrogen and oxygen atoms in total. The molecule has 1 fully saturated rings. The Hall–Kier alpha value is -3.22. The van der Waals surface area contributed by atoms with E-state index in [-0.39, 0.29) is 12.1 Å². The predicted octanol–water partition coefficient (Wildman–Crippen LogP) is 4.91. The minimum atomic E-state index is -0.130. The third-order valence-corrected chi connectivity index (χ3v) is 4.82. The first-order chi connectivity index (χ1) is 13.7. The molecule has 146 valence electrons. The summed E-state index contributed by atoms with van der Waals surface area (Å²) in [5, 5.41) is 7.08. The molecule has 1 saturated heterocycles. The van der Waals surface area contributed by atoms with Gasteiger partial charge in [0.2, 0.25) is 0 Å². The number of likely N-dealkylation sites (tertiary alicyclic amines) is 1. The average molecular weight is 381 g/mol. The summed E-state index contributed by atoms with van der Waals surface area (Å²) >= 11 is 0. The highest BCUT2D eigenvalue weighted by Crippen LogP contribution is 2.31. The molecule has 0 aliphatic carbocycles. The fourth-order valence-electron chi connectivity index (χ4n) is 3.40. The molecule has 3 aromatic rings. The van der Waals surface area contributed by atoms with Gasteiger partial charge in [-0.15, -0.1) is 0 Å². The normalized spacial score (nSPS) is 16.8. The fourth-order valence-corrected chi connectivity index (χ4v) is 3.40. The van der Waals surface area contributed by atoms with Crippen molar-refractivity contribution in [3.63, 3.8) is 0 Å². The molecule has 1 aromatic carbocycles. The van der Waals surface area contributed by atoms with Gasteiger partial charge < -0.3 is 23.9 Å². The summed E-state index contributed by atoms with van der Waals surface area (Å²) in [6.07, 6.45) is 4.56. The number of aryl methyl sites for hydroxylation is 1. The van der Waals surface area contributed by atoms with Crippen LogP contribution in [0.4, 0.5) is 10.5 Å². The number of benzene rings is 1. The number of piperidine rings is 1. The van der Waals surface area contributed by atoms with Crippen LogP contribution in [0.5, 0.6) is 5.75 Å². The molecule has 0 saturated carbocycles. The van der Waals surface area contributed by atoms with Gasteiger partial charge in [0, 0.05) is 18.3 Å². The second kappa shape index (κ2) is 8.21. The monoisotopic (exact) mass is 381 g/mol. The third-order valence-electron chi connectivity index (χ3n) is 4.82. The Balaban J connectivity index is 1.38. The molecule has 0 bridgehead atoms. The van der Waals surface area contributed by atoms with Crippen molar-refractivity contribution in [2.45, 2.75) is 38.8 Å². The number of ether oxygens (including phenoxy) is 1. The number of anilines is 1. The van der Waals surface area contributed by atoms with Crippen LogP contribution in [-0.4, -0.2) is 22.6 Å². The van der Waals surface area contributed by atoms with Gasteiger partial charge in [0.05, 0.1) is 12.3 Å². The summed E-state index contributed by atoms with van der Waals surface area (Å²) in [6, 6.07) is 12.7. The standard InChI is InChI=1S/C21H23N3O4/c1-15-13-19(23-28-15)20-6-2-3-11-24(20)21(25)22-16-7-9-17(10-8-16)27-14-18-5-4-12-26-18/h4-5,7-10,12-13,20H,2-3,6,11,14H2,1H3,(H,22,25)/t20-/m0/s1. The molecular weight excluding hydrogens is 358 g/mol. The van der Waals surface area contributed by atoms with Gasteiger partial charge in [-0.05, 0) is 62.6 Å². The lowest BCUT2D eigenvalue weighted by atomic mass is 9.99. The Kier molecular flexibility index (Phi) is 5.32. The lowest BCUT2D eigenvalue weighted by molar-refractivity contribution is 0.159. The smallest absolute Gasteiger partial charge is 0.322 e. The van der Waals surface area contributed by atoms with Crippen molar-refractivity contribution in [3.05, 3.63) is 65.9 Å². The Bertz CT molecular complexity index is 902. The Morgan fingerprint density at radius 1 is 1.29 bits per heavy atom. The zero-order valence-corrected chi connectivity index (χ0v) is 15.8. The average Bonchev–Trinajstić information content (AvgIpc) is 3.39. The van der Waals surface area contributed by atoms with Crippen LogP contribution in [0.15, 0.2) is 57.7 Å². The topological polar surface area (TPSA) is 80.7 Å². The molecule has 1 aliphatic heterocycles. The van der Waals surface area contributed by atoms with Crippen molar-refractivity contribution in [1.29, 1.82) is 0 Å². The zero-order chi connectivity index (χ0) is 19.3. The van der Waals surface area contributed by atoms with Crippen LogP contribution < -0.4 is 10.1 Å². The van der Waals surface area contributed by atoms with Crippen LogP contribution in [0, 0.1) is 6.92 Å². The van der Waals surface area contributed by atoms with Gasteiger partial charge in [-0.25, -0.2) is 4.79 Å². The first-order valence-electron chi connectivity index (χ1n) is 9.45. The number of carbonyl (C=O) groups excluding carboxylic acids is 1. The molecule has 1 aliphatic rings. The lowest BCUT2D eigenvalue weighted by Crippen LogP contribution is -2.41. The number of hydrogen-bond donors (Lipinski definition) is 1. The Morgan fingerprint density at radius 2 is 2.14 bits per heavy atom. The van der Waals surface area contributed by atoms with Crippen molar-refractivity contribution >= 4 is 11.7 Å². The quantitative estimate of drug-likeness (QED) is 0.679. The summed E-state index contributed by atoms with van der Waals surface area (Å²) in [4.78, 5) is 14.7. The van der Waals surface area contributed by atoms with Crippen LogP contribution in [0.3, 0.4) is 0 Å². The van der Waals surface area contributed by atoms with E-state index in [0.29, 0.717) is 18.9 Å². The largest absolute Gasteiger partial charge is 0.486 e. The molecule has 2 aromatic heterocycles. The number of rotatable bonds is 5. The number of amides is 2. The first-order valence-corrected chi connectivity index (χ1v) is 9.45. The van der Waals surface area contributed by atoms with E-state index in [4.69, 9.17) is 13.7 Å². The number of nitrogens with one attached hydrogen (secondary N) is 1. The van der Waals surface area contributed by atoms with Crippen molar-refractivity contribution < 1.29 is 18.5 Å². The molecule has 4 rings (SSSR count). The van der Waals surface area contributed by atoms with Gasteiger partial charge in [0.25, 0.3) is 0 Å². The van der Waals surface area contributed by atoms with Gasteiger partial charge in [-0.2, -0.15) is 0 Å². The van der Waals surface area contributed by atoms with E-state index in [2.05, 4.69) is 10.5 Å². The predicted molar refractivity (Wildman–Crippen MR) is 103 cm³/mol. The molecule has 28 heavy (non-hydrogen) atoms. The van der Waals surface area contributed by atoms with E-state index in [9.17, 15) is 4.79 Å². The number of urea groups is 1. The van der Waals surface area contributed by atoms with E-state index in [1.54, 1.807) is 6.26 Å². The SMILES string of the molecule is Cc1cc([C@@H]2CCCCN2C(=O)Nc2ccc(OCc3ccco3)cc2)no1. The second-order valence-electron chi connectivity index (χ2n) is 6.89. The van der Waals surface area contributed by atoms with E-state index >= 15 is 0 Å². The van der Waals surface area contributed by atoms with Crippen molar-refractivity contribution in [3.8, 4) is 5.75 Å². The van der Waals surface area contributed by atoms with Crippen LogP contribution in [0.2, 0.25) is 0 Å². The highest BCUT2D eigenvalue weighted by atomic mass is 16.5. The van der Waals surface area contributed by atoms with Crippen LogP contribution >= 0.6 is 0 Å². The highest BCUT2D eigenvalue weighted by Gasteiger charge is 2.30. The van der Waals surface area contributed by atoms with Crippen molar-refractivity contribution in [1.82, 2.24) is 10.1 Å². The van der Waals surface area contributed by atoms with Gasteiger partial charge in [0.1, 0.15) is 29.6 Å². The molecule has 7 heteroatoms. The van der Waals surface area contributed by atoms with E-state index in [0.717, 1.165) is 42.2 Å². The number of carbonyl (C=O) groups is 1. The van der Waals surface area contributed by atoms with Gasteiger partial charge >= 0.3 is 6.03 Å². The minimum Gasteiger partial charge on any atom is -0.486 e. The lowest BCUT2D eigenvalue weighted by Gasteiger charge is -2.34. The Morgan fingerprint density at radius 3 is 2.86 bits per heavy atom. The Labute approximate surface area is 163 Å². The number of aromatic nitrogens is 1. The van der Waals surface area contributed by atoms with E-state index in [1.807, 2.05) is 54.3 Å². The third kappa shape index (κ3) is 4.19. The van der Waals surface area contributed by atoms with Crippen LogP contribution in [0.25, 0.3) is 0 Å².